The Hall–Kier alpha value is -3.26. The molecule has 0 aliphatic rings. The third-order valence-electron chi connectivity index (χ3n) is 8.15. The van der Waals surface area contributed by atoms with Crippen molar-refractivity contribution in [1.82, 2.24) is 26.2 Å². The van der Waals surface area contributed by atoms with Gasteiger partial charge < -0.3 is 40.7 Å². The Labute approximate surface area is 280 Å². The van der Waals surface area contributed by atoms with E-state index in [1.807, 2.05) is 27.7 Å². The Morgan fingerprint density at radius 3 is 1.83 bits per heavy atom. The molecule has 2 unspecified atom stereocenters. The summed E-state index contributed by atoms with van der Waals surface area (Å²) >= 11 is 0. The Balaban J connectivity index is 4.37. The summed E-state index contributed by atoms with van der Waals surface area (Å²) in [7, 11) is 1.45. The first kappa shape index (κ1) is 43.7. The van der Waals surface area contributed by atoms with E-state index in [-0.39, 0.29) is 55.7 Å². The largest absolute Gasteiger partial charge is 0.481 e. The molecular weight excluding hydrogens is 610 g/mol. The average molecular weight is 672 g/mol. The first-order valence-corrected chi connectivity index (χ1v) is 16.6. The van der Waals surface area contributed by atoms with Crippen molar-refractivity contribution >= 4 is 35.5 Å². The number of ether oxygens (including phenoxy) is 2. The minimum absolute atomic E-state index is 0.00538. The molecule has 0 saturated carbocycles. The number of carboxylic acids is 1. The van der Waals surface area contributed by atoms with Gasteiger partial charge in [0, 0.05) is 50.0 Å². The Morgan fingerprint density at radius 1 is 0.766 bits per heavy atom. The fraction of sp³-hybridized carbons (Fsp3) is 0.818. The van der Waals surface area contributed by atoms with Crippen LogP contribution in [0.5, 0.6) is 0 Å². The number of nitrogens with zero attached hydrogens (tertiary/aromatic N) is 1. The van der Waals surface area contributed by atoms with Gasteiger partial charge in [0.1, 0.15) is 13.1 Å². The van der Waals surface area contributed by atoms with E-state index >= 15 is 0 Å². The van der Waals surface area contributed by atoms with E-state index in [1.165, 1.54) is 11.9 Å². The van der Waals surface area contributed by atoms with E-state index in [2.05, 4.69) is 21.3 Å². The maximum atomic E-state index is 12.8. The molecule has 0 heterocycles. The van der Waals surface area contributed by atoms with E-state index in [9.17, 15) is 33.9 Å². The third-order valence-corrected chi connectivity index (χ3v) is 8.15. The molecule has 0 aliphatic carbocycles. The summed E-state index contributed by atoms with van der Waals surface area (Å²) in [5, 5.41) is 20.2. The normalized spacial score (nSPS) is 13.0. The minimum Gasteiger partial charge on any atom is -0.481 e. The number of hydrogen-bond donors (Lipinski definition) is 5. The number of nitrogens with one attached hydrogen (secondary N) is 4. The SMILES string of the molecule is CCC(C)NC(=O)CN(CC(=O)NC)C(=O)CCNC(=O)C(C)(C)CCOCCOCCNC(=O)C(C)(C)CCC(C(=O)O)C(C)C. The maximum Gasteiger partial charge on any atom is 0.306 e. The van der Waals surface area contributed by atoms with Crippen LogP contribution < -0.4 is 21.3 Å². The Kier molecular flexibility index (Phi) is 20.8. The van der Waals surface area contributed by atoms with Crippen molar-refractivity contribution < 1.29 is 43.3 Å². The van der Waals surface area contributed by atoms with Crippen molar-refractivity contribution in [3.63, 3.8) is 0 Å². The molecular formula is C33H61N5O9. The molecule has 0 aromatic rings. The van der Waals surface area contributed by atoms with Crippen LogP contribution in [0.25, 0.3) is 0 Å². The molecule has 0 fully saturated rings. The number of carboxylic acid groups (broad SMARTS) is 1. The molecule has 272 valence electrons. The van der Waals surface area contributed by atoms with Gasteiger partial charge in [0.05, 0.1) is 25.7 Å². The van der Waals surface area contributed by atoms with Gasteiger partial charge in [-0.05, 0) is 38.5 Å². The van der Waals surface area contributed by atoms with Crippen LogP contribution in [0.4, 0.5) is 0 Å². The first-order chi connectivity index (χ1) is 21.9. The second-order valence-electron chi connectivity index (χ2n) is 13.5. The van der Waals surface area contributed by atoms with Gasteiger partial charge in [-0.15, -0.1) is 0 Å². The Morgan fingerprint density at radius 2 is 1.30 bits per heavy atom. The predicted octanol–water partition coefficient (Wildman–Crippen LogP) is 1.71. The summed E-state index contributed by atoms with van der Waals surface area (Å²) in [4.78, 5) is 74.9. The van der Waals surface area contributed by atoms with Crippen molar-refractivity contribution in [3.05, 3.63) is 0 Å². The lowest BCUT2D eigenvalue weighted by molar-refractivity contribution is -0.144. The maximum absolute atomic E-state index is 12.8. The molecule has 0 rings (SSSR count). The van der Waals surface area contributed by atoms with E-state index in [1.54, 1.807) is 27.7 Å². The van der Waals surface area contributed by atoms with Crippen LogP contribution in [-0.2, 0) is 38.2 Å². The molecule has 0 aromatic heterocycles. The highest BCUT2D eigenvalue weighted by Gasteiger charge is 2.31. The second-order valence-corrected chi connectivity index (χ2v) is 13.5. The zero-order valence-electron chi connectivity index (χ0n) is 30.1. The number of amides is 5. The van der Waals surface area contributed by atoms with Gasteiger partial charge in [-0.25, -0.2) is 0 Å². The van der Waals surface area contributed by atoms with Crippen molar-refractivity contribution in [2.45, 2.75) is 93.5 Å². The van der Waals surface area contributed by atoms with Gasteiger partial charge >= 0.3 is 5.97 Å². The van der Waals surface area contributed by atoms with Crippen LogP contribution >= 0.6 is 0 Å². The van der Waals surface area contributed by atoms with Crippen molar-refractivity contribution in [2.75, 3.05) is 59.7 Å². The molecule has 0 radical (unpaired) electrons. The van der Waals surface area contributed by atoms with Gasteiger partial charge in [0.15, 0.2) is 0 Å². The lowest BCUT2D eigenvalue weighted by Crippen LogP contribution is -2.47. The summed E-state index contributed by atoms with van der Waals surface area (Å²) < 4.78 is 11.1. The molecule has 5 amide bonds. The molecule has 47 heavy (non-hydrogen) atoms. The fourth-order valence-corrected chi connectivity index (χ4v) is 4.37. The lowest BCUT2D eigenvalue weighted by Gasteiger charge is -2.26. The molecule has 0 bridgehead atoms. The van der Waals surface area contributed by atoms with Crippen LogP contribution in [0.1, 0.15) is 87.5 Å². The number of likely N-dealkylation sites (N-methyl/N-ethyl adjacent to an activating group) is 1. The molecule has 0 aromatic carbocycles. The van der Waals surface area contributed by atoms with Gasteiger partial charge in [-0.3, -0.25) is 28.8 Å². The van der Waals surface area contributed by atoms with Crippen molar-refractivity contribution in [1.29, 1.82) is 0 Å². The number of carbonyl (C=O) groups is 6. The van der Waals surface area contributed by atoms with Gasteiger partial charge in [0.2, 0.25) is 29.5 Å². The van der Waals surface area contributed by atoms with Gasteiger partial charge in [0.25, 0.3) is 0 Å². The Bertz CT molecular complexity index is 1020. The zero-order valence-corrected chi connectivity index (χ0v) is 30.1. The van der Waals surface area contributed by atoms with Gasteiger partial charge in [-0.2, -0.15) is 0 Å². The number of carbonyl (C=O) groups excluding carboxylic acids is 5. The number of rotatable bonds is 25. The fourth-order valence-electron chi connectivity index (χ4n) is 4.37. The predicted molar refractivity (Wildman–Crippen MR) is 178 cm³/mol. The summed E-state index contributed by atoms with van der Waals surface area (Å²) in [6.07, 6.45) is 1.99. The summed E-state index contributed by atoms with van der Waals surface area (Å²) in [6.45, 7) is 15.8. The zero-order chi connectivity index (χ0) is 36.2. The molecule has 0 saturated heterocycles. The molecule has 0 spiro atoms. The van der Waals surface area contributed by atoms with E-state index < -0.39 is 34.5 Å². The van der Waals surface area contributed by atoms with Crippen LogP contribution in [-0.4, -0.2) is 111 Å². The summed E-state index contributed by atoms with van der Waals surface area (Å²) in [6, 6.07) is -0.0574. The quantitative estimate of drug-likeness (QED) is 0.0899. The molecule has 5 N–H and O–H groups in total. The van der Waals surface area contributed by atoms with E-state index in [0.29, 0.717) is 52.2 Å². The summed E-state index contributed by atoms with van der Waals surface area (Å²) in [5.74, 6) is -2.91. The molecule has 14 nitrogen and oxygen atoms in total. The van der Waals surface area contributed by atoms with Crippen LogP contribution in [0, 0.1) is 22.7 Å². The number of aliphatic carboxylic acids is 1. The molecule has 14 heteroatoms. The van der Waals surface area contributed by atoms with Crippen LogP contribution in [0.15, 0.2) is 0 Å². The molecule has 0 aliphatic heterocycles. The number of hydrogen-bond acceptors (Lipinski definition) is 8. The standard InChI is InChI=1S/C33H61N5O9/c1-10-24(4)37-27(40)22-38(21-26(39)34-9)28(41)12-15-35-31(45)33(7,8)14-17-46-19-20-47-18-16-36-30(44)32(5,6)13-11-25(23(2)3)29(42)43/h23-25H,10-22H2,1-9H3,(H,34,39)(H,35,45)(H,36,44)(H,37,40)(H,42,43). The second kappa shape index (κ2) is 22.3. The minimum atomic E-state index is -0.841. The van der Waals surface area contributed by atoms with Gasteiger partial charge in [-0.1, -0.05) is 48.5 Å². The monoisotopic (exact) mass is 671 g/mol. The van der Waals surface area contributed by atoms with E-state index in [0.717, 1.165) is 6.42 Å². The summed E-state index contributed by atoms with van der Waals surface area (Å²) in [5.41, 5.74) is -1.46. The third kappa shape index (κ3) is 18.6. The lowest BCUT2D eigenvalue weighted by atomic mass is 9.81. The highest BCUT2D eigenvalue weighted by atomic mass is 16.5. The smallest absolute Gasteiger partial charge is 0.306 e. The average Bonchev–Trinajstić information content (AvgIpc) is 2.98. The van der Waals surface area contributed by atoms with Crippen molar-refractivity contribution in [3.8, 4) is 0 Å². The topological polar surface area (TPSA) is 192 Å². The highest BCUT2D eigenvalue weighted by Crippen LogP contribution is 2.28. The van der Waals surface area contributed by atoms with E-state index in [4.69, 9.17) is 9.47 Å². The van der Waals surface area contributed by atoms with Crippen molar-refractivity contribution in [2.24, 2.45) is 22.7 Å². The molecule has 2 atom stereocenters. The van der Waals surface area contributed by atoms with Crippen LogP contribution in [0.3, 0.4) is 0 Å². The highest BCUT2D eigenvalue weighted by molar-refractivity contribution is 5.89. The first-order valence-electron chi connectivity index (χ1n) is 16.6. The van der Waals surface area contributed by atoms with Crippen LogP contribution in [0.2, 0.25) is 0 Å².